The second kappa shape index (κ2) is 8.98. The molecule has 0 saturated carbocycles. The van der Waals surface area contributed by atoms with Crippen LogP contribution >= 0.6 is 7.60 Å². The van der Waals surface area contributed by atoms with Crippen LogP contribution in [0, 0.1) is 0 Å². The van der Waals surface area contributed by atoms with Crippen LogP contribution in [0.5, 0.6) is 5.75 Å². The molecule has 0 saturated heterocycles. The van der Waals surface area contributed by atoms with Crippen molar-refractivity contribution in [1.29, 1.82) is 0 Å². The van der Waals surface area contributed by atoms with Gasteiger partial charge in [-0.1, -0.05) is 0 Å². The highest BCUT2D eigenvalue weighted by molar-refractivity contribution is 7.53. The monoisotopic (exact) mass is 314 g/mol. The lowest BCUT2D eigenvalue weighted by atomic mass is 10.1. The first-order chi connectivity index (χ1) is 10.0. The van der Waals surface area contributed by atoms with Crippen molar-refractivity contribution in [1.82, 2.24) is 0 Å². The van der Waals surface area contributed by atoms with E-state index in [0.29, 0.717) is 37.4 Å². The van der Waals surface area contributed by atoms with Crippen LogP contribution in [0.4, 0.5) is 0 Å². The van der Waals surface area contributed by atoms with E-state index in [9.17, 15) is 9.36 Å². The molecule has 0 amide bonds. The lowest BCUT2D eigenvalue weighted by Gasteiger charge is -2.16. The highest BCUT2D eigenvalue weighted by Gasteiger charge is 2.23. The van der Waals surface area contributed by atoms with Gasteiger partial charge in [0.1, 0.15) is 5.75 Å². The number of carbonyl (C=O) groups is 1. The van der Waals surface area contributed by atoms with Crippen LogP contribution in [0.2, 0.25) is 0 Å². The first-order valence-corrected chi connectivity index (χ1v) is 8.82. The van der Waals surface area contributed by atoms with Crippen LogP contribution in [0.1, 0.15) is 37.0 Å². The van der Waals surface area contributed by atoms with E-state index >= 15 is 0 Å². The molecule has 1 rings (SSSR count). The molecule has 21 heavy (non-hydrogen) atoms. The van der Waals surface area contributed by atoms with Crippen molar-refractivity contribution in [3.05, 3.63) is 29.8 Å². The Labute approximate surface area is 126 Å². The zero-order chi connectivity index (χ0) is 15.7. The lowest BCUT2D eigenvalue weighted by Crippen LogP contribution is -2.04. The minimum atomic E-state index is -3.05. The predicted octanol–water partition coefficient (Wildman–Crippen LogP) is 3.92. The normalized spacial score (nSPS) is 11.4. The summed E-state index contributed by atoms with van der Waals surface area (Å²) in [5.74, 6) is 0.723. The zero-order valence-electron chi connectivity index (χ0n) is 12.8. The van der Waals surface area contributed by atoms with Crippen molar-refractivity contribution in [3.8, 4) is 5.75 Å². The molecule has 0 heterocycles. The molecule has 1 aromatic rings. The Hall–Kier alpha value is -1.16. The summed E-state index contributed by atoms with van der Waals surface area (Å²) in [6.45, 7) is 4.22. The van der Waals surface area contributed by atoms with Gasteiger partial charge in [0.05, 0.1) is 26.5 Å². The summed E-state index contributed by atoms with van der Waals surface area (Å²) in [6.07, 6.45) is 1.05. The maximum Gasteiger partial charge on any atom is 0.330 e. The zero-order valence-corrected chi connectivity index (χ0v) is 13.7. The summed E-state index contributed by atoms with van der Waals surface area (Å²) in [4.78, 5) is 12.0. The molecule has 0 aliphatic carbocycles. The molecule has 1 aromatic carbocycles. The second-order valence-corrected chi connectivity index (χ2v) is 6.61. The summed E-state index contributed by atoms with van der Waals surface area (Å²) in [6, 6.07) is 6.95. The van der Waals surface area contributed by atoms with Gasteiger partial charge in [-0.2, -0.15) is 0 Å². The number of methoxy groups -OCH3 is 1. The van der Waals surface area contributed by atoms with Gasteiger partial charge in [-0.15, -0.1) is 0 Å². The molecule has 0 aromatic heterocycles. The molecule has 6 heteroatoms. The number of ether oxygens (including phenoxy) is 1. The number of Topliss-reactive ketones (excluding diaryl/α,β-unsaturated/α-hetero) is 1. The summed E-state index contributed by atoms with van der Waals surface area (Å²) in [7, 11) is -1.47. The third-order valence-electron chi connectivity index (χ3n) is 2.90. The number of rotatable bonds is 10. The van der Waals surface area contributed by atoms with Crippen LogP contribution in [-0.4, -0.2) is 32.3 Å². The molecule has 0 fully saturated rings. The van der Waals surface area contributed by atoms with Crippen LogP contribution in [0.25, 0.3) is 0 Å². The summed E-state index contributed by atoms with van der Waals surface area (Å²) >= 11 is 0. The van der Waals surface area contributed by atoms with Crippen molar-refractivity contribution in [3.63, 3.8) is 0 Å². The Balaban J connectivity index is 2.49. The first kappa shape index (κ1) is 17.9. The van der Waals surface area contributed by atoms with E-state index in [2.05, 4.69) is 0 Å². The van der Waals surface area contributed by atoms with Gasteiger partial charge in [0.2, 0.25) is 0 Å². The van der Waals surface area contributed by atoms with Crippen molar-refractivity contribution in [2.45, 2.75) is 26.7 Å². The predicted molar refractivity (Wildman–Crippen MR) is 82.3 cm³/mol. The molecule has 0 atom stereocenters. The second-order valence-electron chi connectivity index (χ2n) is 4.43. The van der Waals surface area contributed by atoms with Gasteiger partial charge in [0.25, 0.3) is 0 Å². The minimum Gasteiger partial charge on any atom is -0.497 e. The van der Waals surface area contributed by atoms with E-state index in [1.54, 1.807) is 45.2 Å². The van der Waals surface area contributed by atoms with Gasteiger partial charge < -0.3 is 13.8 Å². The Morgan fingerprint density at radius 1 is 1.10 bits per heavy atom. The average Bonchev–Trinajstić information content (AvgIpc) is 2.47. The molecule has 0 spiro atoms. The minimum absolute atomic E-state index is 0.0113. The smallest absolute Gasteiger partial charge is 0.330 e. The van der Waals surface area contributed by atoms with Gasteiger partial charge in [-0.3, -0.25) is 9.36 Å². The first-order valence-electron chi connectivity index (χ1n) is 7.10. The summed E-state index contributed by atoms with van der Waals surface area (Å²) in [5.41, 5.74) is 0.624. The summed E-state index contributed by atoms with van der Waals surface area (Å²) in [5, 5.41) is 0. The Morgan fingerprint density at radius 2 is 1.67 bits per heavy atom. The number of carbonyl (C=O) groups excluding carboxylic acids is 1. The molecule has 0 N–H and O–H groups in total. The van der Waals surface area contributed by atoms with Crippen molar-refractivity contribution in [2.75, 3.05) is 26.5 Å². The van der Waals surface area contributed by atoms with Crippen LogP contribution in [0.3, 0.4) is 0 Å². The largest absolute Gasteiger partial charge is 0.497 e. The van der Waals surface area contributed by atoms with E-state index < -0.39 is 7.60 Å². The maximum atomic E-state index is 12.2. The highest BCUT2D eigenvalue weighted by atomic mass is 31.2. The lowest BCUT2D eigenvalue weighted by molar-refractivity contribution is 0.0981. The standard InChI is InChI=1S/C15H23O5P/c1-4-19-21(17,20-5-2)12-6-7-15(16)13-8-10-14(18-3)11-9-13/h8-11H,4-7,12H2,1-3H3. The number of ketones is 1. The number of benzene rings is 1. The fourth-order valence-corrected chi connectivity index (χ4v) is 3.58. The fourth-order valence-electron chi connectivity index (χ4n) is 1.91. The molecule has 0 unspecified atom stereocenters. The SMILES string of the molecule is CCOP(=O)(CCCC(=O)c1ccc(OC)cc1)OCC. The third-order valence-corrected chi connectivity index (χ3v) is 5.07. The number of hydrogen-bond donors (Lipinski definition) is 0. The van der Waals surface area contributed by atoms with Gasteiger partial charge >= 0.3 is 7.60 Å². The quantitative estimate of drug-likeness (QED) is 0.484. The van der Waals surface area contributed by atoms with E-state index in [1.165, 1.54) is 0 Å². The van der Waals surface area contributed by atoms with Gasteiger partial charge in [0.15, 0.2) is 5.78 Å². The molecular formula is C15H23O5P. The Bertz CT molecular complexity index is 473. The van der Waals surface area contributed by atoms with Crippen LogP contribution in [0.15, 0.2) is 24.3 Å². The molecule has 0 bridgehead atoms. The Morgan fingerprint density at radius 3 is 2.14 bits per heavy atom. The highest BCUT2D eigenvalue weighted by Crippen LogP contribution is 2.48. The van der Waals surface area contributed by atoms with Gasteiger partial charge in [-0.05, 0) is 44.5 Å². The topological polar surface area (TPSA) is 61.8 Å². The summed E-state index contributed by atoms with van der Waals surface area (Å²) < 4.78 is 27.7. The van der Waals surface area contributed by atoms with E-state index in [1.807, 2.05) is 0 Å². The molecule has 5 nitrogen and oxygen atoms in total. The van der Waals surface area contributed by atoms with Crippen molar-refractivity contribution in [2.24, 2.45) is 0 Å². The molecule has 118 valence electrons. The van der Waals surface area contributed by atoms with Gasteiger partial charge in [-0.25, -0.2) is 0 Å². The maximum absolute atomic E-state index is 12.2. The molecule has 0 aliphatic heterocycles. The van der Waals surface area contributed by atoms with Crippen molar-refractivity contribution < 1.29 is 23.1 Å². The van der Waals surface area contributed by atoms with Gasteiger partial charge in [0, 0.05) is 12.0 Å². The van der Waals surface area contributed by atoms with E-state index in [-0.39, 0.29) is 11.9 Å². The van der Waals surface area contributed by atoms with Crippen molar-refractivity contribution >= 4 is 13.4 Å². The third kappa shape index (κ3) is 6.00. The molecule has 0 radical (unpaired) electrons. The van der Waals surface area contributed by atoms with E-state index in [0.717, 1.165) is 0 Å². The van der Waals surface area contributed by atoms with E-state index in [4.69, 9.17) is 13.8 Å². The number of hydrogen-bond acceptors (Lipinski definition) is 5. The van der Waals surface area contributed by atoms with Crippen LogP contribution in [-0.2, 0) is 13.6 Å². The van der Waals surface area contributed by atoms with Crippen LogP contribution < -0.4 is 4.74 Å². The molecular weight excluding hydrogens is 291 g/mol. The Kier molecular flexibility index (Phi) is 7.65. The average molecular weight is 314 g/mol. The molecule has 0 aliphatic rings. The fraction of sp³-hybridized carbons (Fsp3) is 0.533.